The smallest absolute Gasteiger partial charge is 0.326 e. The van der Waals surface area contributed by atoms with Crippen LogP contribution < -0.4 is 10.1 Å². The first kappa shape index (κ1) is 16.0. The summed E-state index contributed by atoms with van der Waals surface area (Å²) >= 11 is 0. The van der Waals surface area contributed by atoms with Gasteiger partial charge in [-0.1, -0.05) is 6.08 Å². The Morgan fingerprint density at radius 1 is 1.55 bits per heavy atom. The van der Waals surface area contributed by atoms with Crippen LogP contribution in [0.2, 0.25) is 0 Å². The molecular weight excluding hydrogens is 284 g/mol. The summed E-state index contributed by atoms with van der Waals surface area (Å²) in [6.45, 7) is 3.55. The maximum atomic E-state index is 12.2. The lowest BCUT2D eigenvalue weighted by Gasteiger charge is -2.25. The SMILES string of the molecule is C=CCCC(NC(=O)c1ccnc(OC2CCC2)c1)C(=O)O. The number of carboxylic acids is 1. The molecule has 0 saturated heterocycles. The lowest BCUT2D eigenvalue weighted by atomic mass is 9.96. The number of aliphatic carboxylic acids is 1. The van der Waals surface area contributed by atoms with Crippen molar-refractivity contribution in [1.82, 2.24) is 10.3 Å². The third kappa shape index (κ3) is 4.31. The summed E-state index contributed by atoms with van der Waals surface area (Å²) in [6, 6.07) is 2.14. The third-order valence-corrected chi connectivity index (χ3v) is 3.60. The third-order valence-electron chi connectivity index (χ3n) is 3.60. The average Bonchev–Trinajstić information content (AvgIpc) is 2.47. The van der Waals surface area contributed by atoms with E-state index < -0.39 is 17.9 Å². The number of amides is 1. The highest BCUT2D eigenvalue weighted by Crippen LogP contribution is 2.24. The van der Waals surface area contributed by atoms with E-state index in [1.165, 1.54) is 12.3 Å². The van der Waals surface area contributed by atoms with Crippen molar-refractivity contribution in [3.8, 4) is 5.88 Å². The Labute approximate surface area is 129 Å². The zero-order chi connectivity index (χ0) is 15.9. The van der Waals surface area contributed by atoms with Gasteiger partial charge in [0.2, 0.25) is 5.88 Å². The quantitative estimate of drug-likeness (QED) is 0.718. The molecule has 1 unspecified atom stereocenters. The fourth-order valence-electron chi connectivity index (χ4n) is 2.06. The molecule has 1 aromatic rings. The molecule has 1 aromatic heterocycles. The number of rotatable bonds is 8. The Kier molecular flexibility index (Phi) is 5.52. The zero-order valence-corrected chi connectivity index (χ0v) is 12.3. The number of carbonyl (C=O) groups excluding carboxylic acids is 1. The maximum absolute atomic E-state index is 12.2. The van der Waals surface area contributed by atoms with Crippen LogP contribution in [0.25, 0.3) is 0 Å². The summed E-state index contributed by atoms with van der Waals surface area (Å²) in [6.07, 6.45) is 7.26. The number of nitrogens with one attached hydrogen (secondary N) is 1. The molecule has 1 fully saturated rings. The van der Waals surface area contributed by atoms with Gasteiger partial charge in [0.1, 0.15) is 12.1 Å². The van der Waals surface area contributed by atoms with Gasteiger partial charge < -0.3 is 15.2 Å². The second kappa shape index (κ2) is 7.59. The van der Waals surface area contributed by atoms with Gasteiger partial charge in [0, 0.05) is 17.8 Å². The molecule has 0 aliphatic heterocycles. The van der Waals surface area contributed by atoms with Crippen molar-refractivity contribution in [3.05, 3.63) is 36.5 Å². The predicted molar refractivity (Wildman–Crippen MR) is 80.8 cm³/mol. The van der Waals surface area contributed by atoms with Crippen LogP contribution in [0, 0.1) is 0 Å². The molecule has 1 saturated carbocycles. The lowest BCUT2D eigenvalue weighted by Crippen LogP contribution is -2.40. The number of aromatic nitrogens is 1. The summed E-state index contributed by atoms with van der Waals surface area (Å²) in [5, 5.41) is 11.6. The fraction of sp³-hybridized carbons (Fsp3) is 0.438. The Balaban J connectivity index is 1.99. The molecule has 1 aliphatic rings. The van der Waals surface area contributed by atoms with Crippen molar-refractivity contribution in [2.45, 2.75) is 44.2 Å². The molecule has 0 aromatic carbocycles. The second-order valence-electron chi connectivity index (χ2n) is 5.28. The molecule has 2 N–H and O–H groups in total. The van der Waals surface area contributed by atoms with Gasteiger partial charge in [0.25, 0.3) is 5.91 Å². The molecule has 0 radical (unpaired) electrons. The minimum Gasteiger partial charge on any atom is -0.480 e. The van der Waals surface area contributed by atoms with Crippen LogP contribution in [-0.2, 0) is 4.79 Å². The van der Waals surface area contributed by atoms with Crippen LogP contribution in [0.15, 0.2) is 31.0 Å². The Morgan fingerprint density at radius 3 is 2.91 bits per heavy atom. The molecule has 0 bridgehead atoms. The highest BCUT2D eigenvalue weighted by atomic mass is 16.5. The van der Waals surface area contributed by atoms with Gasteiger partial charge in [-0.3, -0.25) is 4.79 Å². The molecule has 0 spiro atoms. The van der Waals surface area contributed by atoms with Gasteiger partial charge in [-0.15, -0.1) is 6.58 Å². The minimum atomic E-state index is -1.06. The van der Waals surface area contributed by atoms with E-state index in [1.807, 2.05) is 0 Å². The van der Waals surface area contributed by atoms with Gasteiger partial charge in [0.15, 0.2) is 0 Å². The topological polar surface area (TPSA) is 88.5 Å². The Bertz CT molecular complexity index is 555. The van der Waals surface area contributed by atoms with Gasteiger partial charge in [0.05, 0.1) is 0 Å². The largest absolute Gasteiger partial charge is 0.480 e. The van der Waals surface area contributed by atoms with Crippen LogP contribution in [0.1, 0.15) is 42.5 Å². The maximum Gasteiger partial charge on any atom is 0.326 e. The van der Waals surface area contributed by atoms with Crippen LogP contribution in [0.3, 0.4) is 0 Å². The minimum absolute atomic E-state index is 0.171. The van der Waals surface area contributed by atoms with Crippen molar-refractivity contribution in [3.63, 3.8) is 0 Å². The van der Waals surface area contributed by atoms with E-state index in [0.29, 0.717) is 24.3 Å². The zero-order valence-electron chi connectivity index (χ0n) is 12.3. The van der Waals surface area contributed by atoms with Crippen LogP contribution in [0.5, 0.6) is 5.88 Å². The van der Waals surface area contributed by atoms with Gasteiger partial charge in [-0.05, 0) is 38.2 Å². The summed E-state index contributed by atoms with van der Waals surface area (Å²) in [7, 11) is 0. The van der Waals surface area contributed by atoms with E-state index in [0.717, 1.165) is 19.3 Å². The van der Waals surface area contributed by atoms with E-state index in [-0.39, 0.29) is 6.10 Å². The van der Waals surface area contributed by atoms with Crippen molar-refractivity contribution >= 4 is 11.9 Å². The van der Waals surface area contributed by atoms with Crippen LogP contribution >= 0.6 is 0 Å². The molecule has 118 valence electrons. The number of carboxylic acid groups (broad SMARTS) is 1. The highest BCUT2D eigenvalue weighted by Gasteiger charge is 2.22. The molecule has 1 atom stereocenters. The summed E-state index contributed by atoms with van der Waals surface area (Å²) in [5.41, 5.74) is 0.342. The predicted octanol–water partition coefficient (Wildman–Crippen LogP) is 2.16. The number of carbonyl (C=O) groups is 2. The summed E-state index contributed by atoms with van der Waals surface area (Å²) in [4.78, 5) is 27.4. The van der Waals surface area contributed by atoms with E-state index in [1.54, 1.807) is 12.1 Å². The molecule has 2 rings (SSSR count). The van der Waals surface area contributed by atoms with Crippen molar-refractivity contribution in [2.75, 3.05) is 0 Å². The molecule has 22 heavy (non-hydrogen) atoms. The number of allylic oxidation sites excluding steroid dienone is 1. The van der Waals surface area contributed by atoms with E-state index in [2.05, 4.69) is 16.9 Å². The van der Waals surface area contributed by atoms with Gasteiger partial charge in [-0.25, -0.2) is 9.78 Å². The normalized spacial score (nSPS) is 15.5. The number of hydrogen-bond acceptors (Lipinski definition) is 4. The monoisotopic (exact) mass is 304 g/mol. The number of ether oxygens (including phenoxy) is 1. The average molecular weight is 304 g/mol. The molecule has 1 aliphatic carbocycles. The molecular formula is C16H20N2O4. The number of nitrogens with zero attached hydrogens (tertiary/aromatic N) is 1. The number of pyridine rings is 1. The first-order valence-corrected chi connectivity index (χ1v) is 7.37. The molecule has 6 heteroatoms. The number of hydrogen-bond donors (Lipinski definition) is 2. The van der Waals surface area contributed by atoms with E-state index in [4.69, 9.17) is 9.84 Å². The van der Waals surface area contributed by atoms with Crippen molar-refractivity contribution in [1.29, 1.82) is 0 Å². The summed E-state index contributed by atoms with van der Waals surface area (Å²) < 4.78 is 5.64. The van der Waals surface area contributed by atoms with Crippen molar-refractivity contribution in [2.24, 2.45) is 0 Å². The van der Waals surface area contributed by atoms with Gasteiger partial charge in [-0.2, -0.15) is 0 Å². The lowest BCUT2D eigenvalue weighted by molar-refractivity contribution is -0.139. The molecule has 6 nitrogen and oxygen atoms in total. The fourth-order valence-corrected chi connectivity index (χ4v) is 2.06. The standard InChI is InChI=1S/C16H20N2O4/c1-2-3-7-13(16(20)21)18-15(19)11-8-9-17-14(10-11)22-12-5-4-6-12/h2,8-10,12-13H,1,3-7H2,(H,18,19)(H,20,21). The first-order chi connectivity index (χ1) is 10.6. The Hall–Kier alpha value is -2.37. The Morgan fingerprint density at radius 2 is 2.32 bits per heavy atom. The van der Waals surface area contributed by atoms with Crippen LogP contribution in [0.4, 0.5) is 0 Å². The molecule has 1 heterocycles. The van der Waals surface area contributed by atoms with Gasteiger partial charge >= 0.3 is 5.97 Å². The highest BCUT2D eigenvalue weighted by molar-refractivity contribution is 5.96. The second-order valence-corrected chi connectivity index (χ2v) is 5.28. The first-order valence-electron chi connectivity index (χ1n) is 7.37. The molecule has 1 amide bonds. The summed E-state index contributed by atoms with van der Waals surface area (Å²) in [5.74, 6) is -1.11. The van der Waals surface area contributed by atoms with Crippen LogP contribution in [-0.4, -0.2) is 34.1 Å². The van der Waals surface area contributed by atoms with Crippen molar-refractivity contribution < 1.29 is 19.4 Å². The van der Waals surface area contributed by atoms with E-state index >= 15 is 0 Å². The van der Waals surface area contributed by atoms with E-state index in [9.17, 15) is 9.59 Å².